The van der Waals surface area contributed by atoms with E-state index < -0.39 is 0 Å². The third kappa shape index (κ3) is 4.82. The molecule has 4 aromatic rings. The smallest absolute Gasteiger partial charge is 0.279 e. The van der Waals surface area contributed by atoms with E-state index in [0.29, 0.717) is 36.2 Å². The Bertz CT molecular complexity index is 1470. The van der Waals surface area contributed by atoms with Gasteiger partial charge >= 0.3 is 0 Å². The zero-order valence-corrected chi connectivity index (χ0v) is 20.2. The number of guanidine groups is 1. The molecule has 0 N–H and O–H groups in total. The Morgan fingerprint density at radius 1 is 0.784 bits per heavy atom. The van der Waals surface area contributed by atoms with Crippen molar-refractivity contribution in [2.75, 3.05) is 11.7 Å². The number of carbonyl (C=O) groups excluding carboxylic acids is 1. The van der Waals surface area contributed by atoms with E-state index in [9.17, 15) is 4.79 Å². The number of carbonyl (C=O) groups is 1. The van der Waals surface area contributed by atoms with Gasteiger partial charge in [0.15, 0.2) is 11.5 Å². The maximum absolute atomic E-state index is 13.8. The monoisotopic (exact) mass is 487 g/mol. The molecule has 6 nitrogen and oxygen atoms in total. The van der Waals surface area contributed by atoms with Crippen LogP contribution in [0.3, 0.4) is 0 Å². The molecule has 2 aliphatic heterocycles. The van der Waals surface area contributed by atoms with Crippen molar-refractivity contribution < 1.29 is 14.3 Å². The average molecular weight is 488 g/mol. The second-order valence-electron chi connectivity index (χ2n) is 8.84. The van der Waals surface area contributed by atoms with E-state index in [1.807, 2.05) is 97.1 Å². The standard InChI is InChI=1S/C31H25N3O3/c35-30-27(18-25-16-17-28-29(19-25)37-22-36-28)32-31(34(30)21-24-12-6-2-7-13-24)33(26-14-8-3-9-15-26)20-23-10-4-1-5-11-23/h1-19H,20-22H2. The molecule has 0 saturated carbocycles. The molecular formula is C31H25N3O3. The first-order valence-electron chi connectivity index (χ1n) is 12.2. The van der Waals surface area contributed by atoms with E-state index in [2.05, 4.69) is 17.0 Å². The molecule has 6 rings (SSSR count). The lowest BCUT2D eigenvalue weighted by Gasteiger charge is -2.30. The number of nitrogens with zero attached hydrogens (tertiary/aromatic N) is 3. The Morgan fingerprint density at radius 3 is 2.16 bits per heavy atom. The number of fused-ring (bicyclic) bond motifs is 1. The average Bonchev–Trinajstić information content (AvgIpc) is 3.53. The second-order valence-corrected chi connectivity index (χ2v) is 8.84. The number of hydrogen-bond donors (Lipinski definition) is 0. The van der Waals surface area contributed by atoms with Gasteiger partial charge in [-0.25, -0.2) is 4.99 Å². The van der Waals surface area contributed by atoms with Crippen molar-refractivity contribution >= 4 is 23.6 Å². The molecular weight excluding hydrogens is 462 g/mol. The lowest BCUT2D eigenvalue weighted by atomic mass is 10.1. The highest BCUT2D eigenvalue weighted by Gasteiger charge is 2.34. The van der Waals surface area contributed by atoms with Gasteiger partial charge in [0, 0.05) is 5.69 Å². The first-order valence-corrected chi connectivity index (χ1v) is 12.2. The van der Waals surface area contributed by atoms with Crippen LogP contribution in [-0.4, -0.2) is 23.6 Å². The lowest BCUT2D eigenvalue weighted by Crippen LogP contribution is -2.43. The van der Waals surface area contributed by atoms with Gasteiger partial charge in [-0.2, -0.15) is 0 Å². The highest BCUT2D eigenvalue weighted by Crippen LogP contribution is 2.34. The summed E-state index contributed by atoms with van der Waals surface area (Å²) in [6.45, 7) is 1.18. The van der Waals surface area contributed by atoms with Crippen LogP contribution in [0.25, 0.3) is 6.08 Å². The van der Waals surface area contributed by atoms with Gasteiger partial charge in [0.2, 0.25) is 12.8 Å². The molecule has 0 spiro atoms. The van der Waals surface area contributed by atoms with Crippen molar-refractivity contribution in [3.8, 4) is 11.5 Å². The van der Waals surface area contributed by atoms with Crippen molar-refractivity contribution in [2.45, 2.75) is 13.1 Å². The third-order valence-corrected chi connectivity index (χ3v) is 6.30. The van der Waals surface area contributed by atoms with Crippen molar-refractivity contribution in [2.24, 2.45) is 4.99 Å². The Balaban J connectivity index is 1.43. The fraction of sp³-hybridized carbons (Fsp3) is 0.0968. The fourth-order valence-electron chi connectivity index (χ4n) is 4.47. The summed E-state index contributed by atoms with van der Waals surface area (Å²) in [7, 11) is 0. The molecule has 0 radical (unpaired) electrons. The zero-order chi connectivity index (χ0) is 25.0. The predicted octanol–water partition coefficient (Wildman–Crippen LogP) is 5.86. The van der Waals surface area contributed by atoms with Gasteiger partial charge in [-0.05, 0) is 47.0 Å². The first-order chi connectivity index (χ1) is 18.2. The maximum Gasteiger partial charge on any atom is 0.279 e. The van der Waals surface area contributed by atoms with E-state index in [4.69, 9.17) is 14.5 Å². The summed E-state index contributed by atoms with van der Waals surface area (Å²) in [6.07, 6.45) is 1.81. The Kier molecular flexibility index (Phi) is 6.13. The van der Waals surface area contributed by atoms with Gasteiger partial charge < -0.3 is 14.4 Å². The Labute approximate surface area is 215 Å². The van der Waals surface area contributed by atoms with E-state index in [1.54, 1.807) is 11.0 Å². The predicted molar refractivity (Wildman–Crippen MR) is 144 cm³/mol. The molecule has 182 valence electrons. The number of para-hydroxylation sites is 1. The van der Waals surface area contributed by atoms with Crippen LogP contribution < -0.4 is 14.4 Å². The van der Waals surface area contributed by atoms with Crippen LogP contribution in [0.15, 0.2) is 120 Å². The number of amides is 1. The number of ether oxygens (including phenoxy) is 2. The highest BCUT2D eigenvalue weighted by atomic mass is 16.7. The van der Waals surface area contributed by atoms with Crippen LogP contribution in [0, 0.1) is 0 Å². The molecule has 37 heavy (non-hydrogen) atoms. The molecule has 0 atom stereocenters. The largest absolute Gasteiger partial charge is 0.454 e. The maximum atomic E-state index is 13.8. The van der Waals surface area contributed by atoms with Gasteiger partial charge in [0.05, 0.1) is 13.1 Å². The van der Waals surface area contributed by atoms with Crippen molar-refractivity contribution in [1.82, 2.24) is 4.90 Å². The minimum absolute atomic E-state index is 0.148. The summed E-state index contributed by atoms with van der Waals surface area (Å²) in [4.78, 5) is 22.6. The quantitative estimate of drug-likeness (QED) is 0.320. The van der Waals surface area contributed by atoms with Gasteiger partial charge in [0.25, 0.3) is 5.91 Å². The van der Waals surface area contributed by atoms with Crippen LogP contribution in [0.1, 0.15) is 16.7 Å². The molecule has 0 aromatic heterocycles. The summed E-state index contributed by atoms with van der Waals surface area (Å²) in [5.41, 5.74) is 4.31. The lowest BCUT2D eigenvalue weighted by molar-refractivity contribution is -0.123. The Hall–Kier alpha value is -4.84. The highest BCUT2D eigenvalue weighted by molar-refractivity contribution is 6.18. The molecule has 2 heterocycles. The number of benzene rings is 4. The minimum Gasteiger partial charge on any atom is -0.454 e. The van der Waals surface area contributed by atoms with E-state index in [0.717, 1.165) is 22.4 Å². The SMILES string of the molecule is O=C1C(=Cc2ccc3c(c2)OCO3)N=C(N(Cc2ccccc2)c2ccccc2)N1Cc1ccccc1. The Morgan fingerprint density at radius 2 is 1.43 bits per heavy atom. The molecule has 2 aliphatic rings. The summed E-state index contributed by atoms with van der Waals surface area (Å²) >= 11 is 0. The van der Waals surface area contributed by atoms with E-state index in [-0.39, 0.29) is 12.7 Å². The normalized spacial score (nSPS) is 15.2. The summed E-state index contributed by atoms with van der Waals surface area (Å²) in [6, 6.07) is 35.9. The molecule has 0 unspecified atom stereocenters. The summed E-state index contributed by atoms with van der Waals surface area (Å²) in [5.74, 6) is 1.81. The zero-order valence-electron chi connectivity index (χ0n) is 20.2. The number of anilines is 1. The van der Waals surface area contributed by atoms with Gasteiger partial charge in [0.1, 0.15) is 5.70 Å². The minimum atomic E-state index is -0.148. The molecule has 0 aliphatic carbocycles. The van der Waals surface area contributed by atoms with Crippen LogP contribution in [0.5, 0.6) is 11.5 Å². The first kappa shape index (κ1) is 22.6. The van der Waals surface area contributed by atoms with Crippen LogP contribution in [-0.2, 0) is 17.9 Å². The van der Waals surface area contributed by atoms with Gasteiger partial charge in [-0.3, -0.25) is 9.69 Å². The van der Waals surface area contributed by atoms with Crippen molar-refractivity contribution in [1.29, 1.82) is 0 Å². The molecule has 0 saturated heterocycles. The van der Waals surface area contributed by atoms with Crippen LogP contribution >= 0.6 is 0 Å². The van der Waals surface area contributed by atoms with Crippen LogP contribution in [0.2, 0.25) is 0 Å². The summed E-state index contributed by atoms with van der Waals surface area (Å²) < 4.78 is 11.0. The number of aliphatic imine (C=N–C) groups is 1. The number of rotatable bonds is 6. The van der Waals surface area contributed by atoms with E-state index in [1.165, 1.54) is 0 Å². The molecule has 6 heteroatoms. The third-order valence-electron chi connectivity index (χ3n) is 6.30. The van der Waals surface area contributed by atoms with Gasteiger partial charge in [-0.1, -0.05) is 84.9 Å². The van der Waals surface area contributed by atoms with E-state index >= 15 is 0 Å². The van der Waals surface area contributed by atoms with Crippen LogP contribution in [0.4, 0.5) is 5.69 Å². The second kappa shape index (κ2) is 10.0. The molecule has 0 fully saturated rings. The van der Waals surface area contributed by atoms with Gasteiger partial charge in [-0.15, -0.1) is 0 Å². The fourth-order valence-corrected chi connectivity index (χ4v) is 4.47. The molecule has 4 aromatic carbocycles. The summed E-state index contributed by atoms with van der Waals surface area (Å²) in [5, 5.41) is 0. The number of hydrogen-bond acceptors (Lipinski definition) is 5. The molecule has 0 bridgehead atoms. The molecule has 1 amide bonds. The topological polar surface area (TPSA) is 54.4 Å². The van der Waals surface area contributed by atoms with Crippen molar-refractivity contribution in [3.63, 3.8) is 0 Å². The van der Waals surface area contributed by atoms with Crippen molar-refractivity contribution in [3.05, 3.63) is 132 Å².